The minimum atomic E-state index is 0.572. The zero-order valence-electron chi connectivity index (χ0n) is 14.2. The summed E-state index contributed by atoms with van der Waals surface area (Å²) in [4.78, 5) is 10.8. The zero-order valence-corrected chi connectivity index (χ0v) is 15.8. The van der Waals surface area contributed by atoms with E-state index in [0.29, 0.717) is 13.2 Å². The maximum absolute atomic E-state index is 5.89. The summed E-state index contributed by atoms with van der Waals surface area (Å²) in [6.07, 6.45) is 1.56. The highest BCUT2D eigenvalue weighted by atomic mass is 79.9. The van der Waals surface area contributed by atoms with E-state index in [0.717, 1.165) is 27.2 Å². The third kappa shape index (κ3) is 3.36. The van der Waals surface area contributed by atoms with Gasteiger partial charge in [-0.1, -0.05) is 6.07 Å². The number of rotatable bonds is 5. The van der Waals surface area contributed by atoms with Gasteiger partial charge in [-0.15, -0.1) is 0 Å². The molecule has 126 valence electrons. The number of hydrogen-bond donors (Lipinski definition) is 0. The van der Waals surface area contributed by atoms with Crippen LogP contribution >= 0.6 is 15.9 Å². The molecule has 0 saturated carbocycles. The number of fused-ring (bicyclic) bond motifs is 1. The molecule has 2 aromatic heterocycles. The second kappa shape index (κ2) is 6.76. The van der Waals surface area contributed by atoms with Gasteiger partial charge in [-0.2, -0.15) is 5.10 Å². The Morgan fingerprint density at radius 2 is 1.88 bits per heavy atom. The summed E-state index contributed by atoms with van der Waals surface area (Å²) in [7, 11) is 3.86. The van der Waals surface area contributed by atoms with Crippen molar-refractivity contribution in [1.82, 2.24) is 19.7 Å². The smallest absolute Gasteiger partial charge is 0.164 e. The largest absolute Gasteiger partial charge is 0.492 e. The molecule has 0 unspecified atom stereocenters. The van der Waals surface area contributed by atoms with Crippen molar-refractivity contribution < 1.29 is 4.74 Å². The van der Waals surface area contributed by atoms with Crippen LogP contribution in [0.25, 0.3) is 11.0 Å². The molecule has 2 heterocycles. The van der Waals surface area contributed by atoms with Gasteiger partial charge in [0.1, 0.15) is 29.1 Å². The monoisotopic (exact) mass is 389 g/mol. The van der Waals surface area contributed by atoms with Crippen LogP contribution in [0, 0.1) is 13.8 Å². The number of ether oxygens (including phenoxy) is 1. The summed E-state index contributed by atoms with van der Waals surface area (Å²) in [6, 6.07) is 6.23. The molecule has 0 fully saturated rings. The third-order valence-electron chi connectivity index (χ3n) is 3.81. The number of likely N-dealkylation sites (N-methyl/N-ethyl adjacent to an activating group) is 1. The number of benzene rings is 1. The lowest BCUT2D eigenvalue weighted by Crippen LogP contribution is -2.25. The Labute approximate surface area is 149 Å². The van der Waals surface area contributed by atoms with Crippen molar-refractivity contribution in [3.05, 3.63) is 40.3 Å². The number of nitrogens with zero attached hydrogens (tertiary/aromatic N) is 5. The van der Waals surface area contributed by atoms with Crippen molar-refractivity contribution in [3.63, 3.8) is 0 Å². The predicted octanol–water partition coefficient (Wildman–Crippen LogP) is 3.26. The van der Waals surface area contributed by atoms with E-state index in [4.69, 9.17) is 4.74 Å². The van der Waals surface area contributed by atoms with E-state index in [2.05, 4.69) is 55.8 Å². The first-order valence-electron chi connectivity index (χ1n) is 7.71. The lowest BCUT2D eigenvalue weighted by atomic mass is 10.1. The van der Waals surface area contributed by atoms with Crippen molar-refractivity contribution in [2.75, 3.05) is 25.1 Å². The minimum Gasteiger partial charge on any atom is -0.492 e. The maximum atomic E-state index is 5.89. The highest BCUT2D eigenvalue weighted by molar-refractivity contribution is 9.10. The second-order valence-electron chi connectivity index (χ2n) is 5.90. The molecule has 24 heavy (non-hydrogen) atoms. The Kier molecular flexibility index (Phi) is 4.71. The Balaban J connectivity index is 1.72. The molecule has 0 N–H and O–H groups in total. The van der Waals surface area contributed by atoms with E-state index in [1.807, 2.05) is 26.2 Å². The molecule has 0 spiro atoms. The fraction of sp³-hybridized carbons (Fsp3) is 0.353. The Morgan fingerprint density at radius 3 is 2.58 bits per heavy atom. The van der Waals surface area contributed by atoms with E-state index < -0.39 is 0 Å². The third-order valence-corrected chi connectivity index (χ3v) is 4.37. The quantitative estimate of drug-likeness (QED) is 0.670. The zero-order chi connectivity index (χ0) is 17.3. The number of aryl methyl sites for hydroxylation is 3. The molecule has 6 nitrogen and oxygen atoms in total. The molecule has 0 saturated heterocycles. The molecule has 0 aliphatic rings. The number of halogens is 1. The van der Waals surface area contributed by atoms with Gasteiger partial charge in [0.25, 0.3) is 0 Å². The predicted molar refractivity (Wildman–Crippen MR) is 98.7 cm³/mol. The molecule has 0 radical (unpaired) electrons. The van der Waals surface area contributed by atoms with Gasteiger partial charge >= 0.3 is 0 Å². The van der Waals surface area contributed by atoms with Gasteiger partial charge < -0.3 is 9.64 Å². The summed E-state index contributed by atoms with van der Waals surface area (Å²) in [5.74, 6) is 1.74. The highest BCUT2D eigenvalue weighted by Gasteiger charge is 2.16. The van der Waals surface area contributed by atoms with Gasteiger partial charge in [0.2, 0.25) is 0 Å². The fourth-order valence-electron chi connectivity index (χ4n) is 2.74. The SMILES string of the molecule is Cc1cc(C)cc(OCCN(C)c2ncnc3c2c(Br)nn3C)c1. The van der Waals surface area contributed by atoms with Crippen LogP contribution in [0.2, 0.25) is 0 Å². The van der Waals surface area contributed by atoms with Gasteiger partial charge in [-0.05, 0) is 53.0 Å². The van der Waals surface area contributed by atoms with Crippen LogP contribution in [0.15, 0.2) is 29.1 Å². The van der Waals surface area contributed by atoms with Gasteiger partial charge in [0, 0.05) is 14.1 Å². The average molecular weight is 390 g/mol. The van der Waals surface area contributed by atoms with Gasteiger partial charge in [0.05, 0.1) is 11.9 Å². The van der Waals surface area contributed by atoms with Gasteiger partial charge in [0.15, 0.2) is 5.65 Å². The standard InChI is InChI=1S/C17H20BrN5O/c1-11-7-12(2)9-13(8-11)24-6-5-22(3)16-14-15(18)21-23(4)17(14)20-10-19-16/h7-10H,5-6H2,1-4H3. The number of anilines is 1. The van der Waals surface area contributed by atoms with E-state index >= 15 is 0 Å². The first-order chi connectivity index (χ1) is 11.5. The number of hydrogen-bond acceptors (Lipinski definition) is 5. The lowest BCUT2D eigenvalue weighted by molar-refractivity contribution is 0.325. The molecule has 3 aromatic rings. The van der Waals surface area contributed by atoms with Crippen LogP contribution in [0.3, 0.4) is 0 Å². The Hall–Kier alpha value is -2.15. The van der Waals surface area contributed by atoms with Crippen molar-refractivity contribution >= 4 is 32.8 Å². The van der Waals surface area contributed by atoms with Gasteiger partial charge in [-0.25, -0.2) is 14.6 Å². The summed E-state index contributed by atoms with van der Waals surface area (Å²) < 4.78 is 8.38. The average Bonchev–Trinajstić information content (AvgIpc) is 2.81. The molecular weight excluding hydrogens is 370 g/mol. The molecule has 0 aliphatic carbocycles. The molecule has 0 bridgehead atoms. The lowest BCUT2D eigenvalue weighted by Gasteiger charge is -2.19. The van der Waals surface area contributed by atoms with Crippen LogP contribution in [0.4, 0.5) is 5.82 Å². The Bertz CT molecular complexity index is 857. The first kappa shape index (κ1) is 16.7. The van der Waals surface area contributed by atoms with Crippen LogP contribution in [-0.4, -0.2) is 39.9 Å². The van der Waals surface area contributed by atoms with Crippen LogP contribution in [0.1, 0.15) is 11.1 Å². The molecule has 0 atom stereocenters. The molecule has 0 aliphatic heterocycles. The van der Waals surface area contributed by atoms with Crippen LogP contribution in [-0.2, 0) is 7.05 Å². The fourth-order valence-corrected chi connectivity index (χ4v) is 3.33. The van der Waals surface area contributed by atoms with E-state index in [-0.39, 0.29) is 0 Å². The van der Waals surface area contributed by atoms with Crippen LogP contribution in [0.5, 0.6) is 5.75 Å². The second-order valence-corrected chi connectivity index (χ2v) is 6.65. The topological polar surface area (TPSA) is 56.1 Å². The van der Waals surface area contributed by atoms with Crippen molar-refractivity contribution in [2.45, 2.75) is 13.8 Å². The molecule has 1 aromatic carbocycles. The normalized spacial score (nSPS) is 11.0. The minimum absolute atomic E-state index is 0.572. The Morgan fingerprint density at radius 1 is 1.17 bits per heavy atom. The van der Waals surface area contributed by atoms with E-state index in [1.165, 1.54) is 11.1 Å². The summed E-state index contributed by atoms with van der Waals surface area (Å²) >= 11 is 3.49. The first-order valence-corrected chi connectivity index (χ1v) is 8.50. The molecular formula is C17H20BrN5O. The van der Waals surface area contributed by atoms with Crippen molar-refractivity contribution in [1.29, 1.82) is 0 Å². The van der Waals surface area contributed by atoms with Crippen molar-refractivity contribution in [2.24, 2.45) is 7.05 Å². The van der Waals surface area contributed by atoms with Gasteiger partial charge in [-0.3, -0.25) is 0 Å². The van der Waals surface area contributed by atoms with Crippen molar-refractivity contribution in [3.8, 4) is 5.75 Å². The van der Waals surface area contributed by atoms with E-state index in [1.54, 1.807) is 11.0 Å². The summed E-state index contributed by atoms with van der Waals surface area (Å²) in [6.45, 7) is 5.43. The highest BCUT2D eigenvalue weighted by Crippen LogP contribution is 2.28. The molecule has 3 rings (SSSR count). The molecule has 0 amide bonds. The summed E-state index contributed by atoms with van der Waals surface area (Å²) in [5, 5.41) is 5.26. The maximum Gasteiger partial charge on any atom is 0.164 e. The van der Waals surface area contributed by atoms with E-state index in [9.17, 15) is 0 Å². The summed E-state index contributed by atoms with van der Waals surface area (Å²) in [5.41, 5.74) is 3.21. The van der Waals surface area contributed by atoms with Crippen LogP contribution < -0.4 is 9.64 Å². The molecule has 7 heteroatoms. The number of aromatic nitrogens is 4.